The smallest absolute Gasteiger partial charge is 0.329 e. The summed E-state index contributed by atoms with van der Waals surface area (Å²) in [6, 6.07) is 0. The van der Waals surface area contributed by atoms with Crippen molar-refractivity contribution in [1.29, 1.82) is 0 Å². The van der Waals surface area contributed by atoms with Crippen LogP contribution in [0.1, 0.15) is 17.9 Å². The van der Waals surface area contributed by atoms with E-state index < -0.39 is 75.1 Å². The van der Waals surface area contributed by atoms with Gasteiger partial charge in [-0.25, -0.2) is 0 Å². The van der Waals surface area contributed by atoms with Gasteiger partial charge in [0.1, 0.15) is 0 Å². The lowest BCUT2D eigenvalue weighted by Gasteiger charge is -2.39. The van der Waals surface area contributed by atoms with Crippen LogP contribution >= 0.6 is 0 Å². The Balaban J connectivity index is 2.27. The lowest BCUT2D eigenvalue weighted by atomic mass is 9.94. The van der Waals surface area contributed by atoms with Crippen LogP contribution in [0.15, 0.2) is 0 Å². The highest BCUT2D eigenvalue weighted by atomic mass is 16.8. The minimum Gasteiger partial charge on any atom is -0.504 e. The van der Waals surface area contributed by atoms with Gasteiger partial charge in [0.15, 0.2) is 11.5 Å². The van der Waals surface area contributed by atoms with Crippen LogP contribution in [-0.4, -0.2) is 110 Å². The quantitative estimate of drug-likeness (QED) is 0.111. The first-order chi connectivity index (χ1) is 14.4. The van der Waals surface area contributed by atoms with Crippen LogP contribution in [0.3, 0.4) is 0 Å². The number of ether oxygens (including phenoxy) is 2. The van der Waals surface area contributed by atoms with Crippen molar-refractivity contribution in [1.82, 2.24) is 5.32 Å². The summed E-state index contributed by atoms with van der Waals surface area (Å²) >= 11 is 0. The van der Waals surface area contributed by atoms with Crippen molar-refractivity contribution in [2.45, 2.75) is 41.3 Å². The van der Waals surface area contributed by atoms with Crippen LogP contribution in [-0.2, 0) is 4.79 Å². The van der Waals surface area contributed by atoms with Gasteiger partial charge in [-0.05, 0) is 0 Å². The molecule has 13 N–H and O–H groups in total. The molecule has 1 aliphatic carbocycles. The maximum absolute atomic E-state index is 11.5. The highest BCUT2D eigenvalue weighted by Crippen LogP contribution is 2.60. The van der Waals surface area contributed by atoms with Crippen molar-refractivity contribution in [3.8, 4) is 28.7 Å². The third-order valence-electron chi connectivity index (χ3n) is 5.61. The second kappa shape index (κ2) is 6.67. The summed E-state index contributed by atoms with van der Waals surface area (Å²) in [7, 11) is 0.820. The van der Waals surface area contributed by atoms with Gasteiger partial charge in [-0.15, -0.1) is 0 Å². The molecular formula is C16H21NO15. The molecule has 1 aliphatic heterocycles. The molecule has 0 bridgehead atoms. The zero-order valence-corrected chi connectivity index (χ0v) is 16.1. The van der Waals surface area contributed by atoms with Gasteiger partial charge < -0.3 is 76.1 Å². The Labute approximate surface area is 177 Å². The van der Waals surface area contributed by atoms with Crippen LogP contribution in [0.2, 0.25) is 0 Å². The zero-order valence-electron chi connectivity index (χ0n) is 16.1. The maximum Gasteiger partial charge on any atom is 0.329 e. The summed E-state index contributed by atoms with van der Waals surface area (Å²) in [5, 5.41) is 123. The Hall–Kier alpha value is -2.67. The number of phenols is 3. The van der Waals surface area contributed by atoms with E-state index in [2.05, 4.69) is 10.1 Å². The van der Waals surface area contributed by atoms with E-state index in [1.807, 2.05) is 0 Å². The second-order valence-electron chi connectivity index (χ2n) is 7.46. The minimum atomic E-state index is -4.71. The zero-order chi connectivity index (χ0) is 24.7. The van der Waals surface area contributed by atoms with Crippen molar-refractivity contribution in [3.05, 3.63) is 5.56 Å². The average molecular weight is 467 g/mol. The number of aliphatic hydroxyl groups is 9. The molecule has 1 heterocycles. The van der Waals surface area contributed by atoms with Crippen molar-refractivity contribution in [2.24, 2.45) is 0 Å². The lowest BCUT2D eigenvalue weighted by Crippen LogP contribution is -2.70. The molecular weight excluding hydrogens is 446 g/mol. The van der Waals surface area contributed by atoms with E-state index in [1.54, 1.807) is 0 Å². The molecule has 0 aromatic heterocycles. The summed E-state index contributed by atoms with van der Waals surface area (Å²) in [4.78, 5) is 11.5. The first-order valence-corrected chi connectivity index (χ1v) is 8.72. The minimum absolute atomic E-state index is 0.171. The molecule has 2 fully saturated rings. The number of carbonyl (C=O) groups is 1. The molecule has 1 aromatic rings. The molecule has 180 valence electrons. The van der Waals surface area contributed by atoms with Crippen molar-refractivity contribution in [2.75, 3.05) is 13.7 Å². The summed E-state index contributed by atoms with van der Waals surface area (Å²) < 4.78 is 9.35. The number of amides is 1. The largest absolute Gasteiger partial charge is 0.504 e. The Bertz CT molecular complexity index is 943. The molecule has 1 saturated heterocycles. The average Bonchev–Trinajstić information content (AvgIpc) is 3.12. The Morgan fingerprint density at radius 2 is 1.28 bits per heavy atom. The number of hydrogen-bond donors (Lipinski definition) is 13. The van der Waals surface area contributed by atoms with E-state index in [9.17, 15) is 66.1 Å². The van der Waals surface area contributed by atoms with Gasteiger partial charge in [-0.1, -0.05) is 0 Å². The van der Waals surface area contributed by atoms with Crippen molar-refractivity contribution in [3.63, 3.8) is 0 Å². The molecule has 1 unspecified atom stereocenters. The topological polar surface area (TPSA) is 290 Å². The highest BCUT2D eigenvalue weighted by molar-refractivity contribution is 5.81. The van der Waals surface area contributed by atoms with Crippen molar-refractivity contribution >= 4 is 5.91 Å². The number of carbonyl (C=O) groups excluding carboxylic acids is 1. The number of benzene rings is 1. The number of rotatable bonds is 4. The molecule has 1 aromatic carbocycles. The fourth-order valence-corrected chi connectivity index (χ4v) is 3.66. The summed E-state index contributed by atoms with van der Waals surface area (Å²) in [5.74, 6) is -30.8. The third-order valence-corrected chi connectivity index (χ3v) is 5.61. The fourth-order valence-electron chi connectivity index (χ4n) is 3.66. The van der Waals surface area contributed by atoms with E-state index in [-0.39, 0.29) is 13.0 Å². The maximum atomic E-state index is 11.5. The number of methoxy groups -OCH3 is 1. The molecule has 32 heavy (non-hydrogen) atoms. The number of nitrogens with one attached hydrogen (secondary N) is 1. The lowest BCUT2D eigenvalue weighted by molar-refractivity contribution is -0.452. The standard InChI is InChI=1S/C16H21NO15/c1-31-10-9(21)7(19)6(4-2-5(18)17-3-4)8(20)11(10)32-16(30)14(26,27)12(22,23)13(24,25)15(16,28)29/h4,19-30H,2-3H2,1H3,(H,17,18). The SMILES string of the molecule is COc1c(O)c(O)c(C2CNC(=O)C2)c(O)c1OC1(O)C(O)(O)C(O)(O)C(O)(O)C1(O)O. The molecule has 0 radical (unpaired) electrons. The summed E-state index contributed by atoms with van der Waals surface area (Å²) in [6.45, 7) is -0.171. The van der Waals surface area contributed by atoms with E-state index >= 15 is 0 Å². The van der Waals surface area contributed by atoms with Crippen molar-refractivity contribution < 1.29 is 75.5 Å². The van der Waals surface area contributed by atoms with Gasteiger partial charge in [0, 0.05) is 24.4 Å². The summed E-state index contributed by atoms with van der Waals surface area (Å²) in [6.07, 6.45) is -0.322. The van der Waals surface area contributed by atoms with Gasteiger partial charge in [0.2, 0.25) is 23.2 Å². The van der Waals surface area contributed by atoms with Crippen LogP contribution in [0.5, 0.6) is 28.7 Å². The van der Waals surface area contributed by atoms with Crippen LogP contribution in [0.25, 0.3) is 0 Å². The molecule has 3 rings (SSSR count). The van der Waals surface area contributed by atoms with Crippen LogP contribution < -0.4 is 14.8 Å². The van der Waals surface area contributed by atoms with Gasteiger partial charge in [-0.2, -0.15) is 0 Å². The highest BCUT2D eigenvalue weighted by Gasteiger charge is 2.93. The Morgan fingerprint density at radius 1 is 0.781 bits per heavy atom. The summed E-state index contributed by atoms with van der Waals surface area (Å²) in [5.41, 5.74) is -0.597. The first-order valence-electron chi connectivity index (χ1n) is 8.72. The van der Waals surface area contributed by atoms with Gasteiger partial charge in [0.05, 0.1) is 7.11 Å². The number of aromatic hydroxyl groups is 3. The molecule has 16 nitrogen and oxygen atoms in total. The molecule has 1 saturated carbocycles. The predicted octanol–water partition coefficient (Wildman–Crippen LogP) is -5.78. The van der Waals surface area contributed by atoms with Gasteiger partial charge in [0.25, 0.3) is 23.1 Å². The van der Waals surface area contributed by atoms with Gasteiger partial charge in [-0.3, -0.25) is 4.79 Å². The van der Waals surface area contributed by atoms with E-state index in [4.69, 9.17) is 4.74 Å². The third kappa shape index (κ3) is 2.54. The van der Waals surface area contributed by atoms with E-state index in [0.717, 1.165) is 7.11 Å². The van der Waals surface area contributed by atoms with Crippen LogP contribution in [0, 0.1) is 0 Å². The van der Waals surface area contributed by atoms with Crippen LogP contribution in [0.4, 0.5) is 0 Å². The predicted molar refractivity (Wildman–Crippen MR) is 92.6 cm³/mol. The van der Waals surface area contributed by atoms with Gasteiger partial charge >= 0.3 is 5.79 Å². The Morgan fingerprint density at radius 3 is 1.69 bits per heavy atom. The van der Waals surface area contributed by atoms with E-state index in [0.29, 0.717) is 0 Å². The number of phenolic OH excluding ortho intramolecular Hbond substituents is 3. The fraction of sp³-hybridized carbons (Fsp3) is 0.562. The van der Waals surface area contributed by atoms with E-state index in [1.165, 1.54) is 0 Å². The number of hydrogen-bond acceptors (Lipinski definition) is 15. The molecule has 1 atom stereocenters. The Kier molecular flexibility index (Phi) is 5.00. The first kappa shape index (κ1) is 24.0. The normalized spacial score (nSPS) is 26.6. The second-order valence-corrected chi connectivity index (χ2v) is 7.46. The molecule has 16 heteroatoms. The monoisotopic (exact) mass is 467 g/mol. The molecule has 1 amide bonds. The molecule has 0 spiro atoms. The molecule has 2 aliphatic rings.